The number of alkyl halides is 6. The van der Waals surface area contributed by atoms with Crippen LogP contribution in [0.2, 0.25) is 0 Å². The highest BCUT2D eigenvalue weighted by Gasteiger charge is 2.35. The summed E-state index contributed by atoms with van der Waals surface area (Å²) in [6.45, 7) is 6.87. The average molecular weight is 979 g/mol. The topological polar surface area (TPSA) is 151 Å². The predicted molar refractivity (Wildman–Crippen MR) is 242 cm³/mol. The van der Waals surface area contributed by atoms with Gasteiger partial charge in [-0.1, -0.05) is 24.3 Å². The normalized spacial score (nSPS) is 15.8. The fraction of sp³-hybridized carbons (Fsp3) is 0.311. The van der Waals surface area contributed by atoms with Crippen molar-refractivity contribution in [3.8, 4) is 56.3 Å². The first-order valence-electron chi connectivity index (χ1n) is 20.3. The summed E-state index contributed by atoms with van der Waals surface area (Å²) < 4.78 is 93.8. The fourth-order valence-corrected chi connectivity index (χ4v) is 9.08. The van der Waals surface area contributed by atoms with Crippen LogP contribution < -0.4 is 31.2 Å². The quantitative estimate of drug-likeness (QED) is 0.0944. The fourth-order valence-electron chi connectivity index (χ4n) is 7.80. The molecule has 352 valence electrons. The maximum absolute atomic E-state index is 12.8. The first-order valence-corrected chi connectivity index (χ1v) is 22.2. The van der Waals surface area contributed by atoms with Crippen molar-refractivity contribution in [2.24, 2.45) is 5.73 Å². The van der Waals surface area contributed by atoms with E-state index in [4.69, 9.17) is 10.5 Å². The molecule has 0 radical (unpaired) electrons. The molecule has 66 heavy (non-hydrogen) atoms. The molecule has 0 saturated heterocycles. The van der Waals surface area contributed by atoms with Gasteiger partial charge in [-0.3, -0.25) is 9.59 Å². The minimum atomic E-state index is -4.82. The Morgan fingerprint density at radius 3 is 1.56 bits per heavy atom. The lowest BCUT2D eigenvalue weighted by Crippen LogP contribution is -2.41. The molecule has 0 fully saturated rings. The van der Waals surface area contributed by atoms with Crippen LogP contribution in [-0.2, 0) is 4.74 Å². The van der Waals surface area contributed by atoms with Crippen molar-refractivity contribution in [2.75, 3.05) is 26.2 Å². The molecule has 2 aromatic carbocycles. The van der Waals surface area contributed by atoms with Crippen molar-refractivity contribution in [2.45, 2.75) is 64.0 Å². The van der Waals surface area contributed by atoms with Gasteiger partial charge in [-0.25, -0.2) is 4.79 Å². The number of ether oxygens (including phenoxy) is 3. The number of aromatic nitrogens is 2. The molecular formula is C45H45ClF6N6O6S2. The van der Waals surface area contributed by atoms with Crippen LogP contribution in [0.1, 0.15) is 66.7 Å². The van der Waals surface area contributed by atoms with Crippen molar-refractivity contribution in [3.05, 3.63) is 106 Å². The molecule has 0 unspecified atom stereocenters. The highest BCUT2D eigenvalue weighted by Crippen LogP contribution is 2.43. The van der Waals surface area contributed by atoms with Gasteiger partial charge in [0, 0.05) is 52.6 Å². The van der Waals surface area contributed by atoms with Crippen molar-refractivity contribution in [3.63, 3.8) is 0 Å². The van der Waals surface area contributed by atoms with E-state index in [1.807, 2.05) is 42.8 Å². The number of thiophene rings is 2. The zero-order chi connectivity index (χ0) is 46.7. The molecule has 0 saturated carbocycles. The molecule has 5 N–H and O–H groups in total. The Morgan fingerprint density at radius 2 is 1.17 bits per heavy atom. The Morgan fingerprint density at radius 1 is 0.712 bits per heavy atom. The SMILES string of the molecule is CC(C)(C)OC(=O)NCC[C@H]1CNC(=O)c2cc(-c3cccc(OC(F)(F)F)c3)c(-c3ccsc3)n21.Cl.NCC[C@H]1CNC(=O)c2cc(-c3cccc(OC(F)(F)F)c3)c(-c3ccsc3)n21. The maximum atomic E-state index is 12.8. The van der Waals surface area contributed by atoms with Gasteiger partial charge in [0.05, 0.1) is 23.5 Å². The summed E-state index contributed by atoms with van der Waals surface area (Å²) >= 11 is 2.98. The lowest BCUT2D eigenvalue weighted by Gasteiger charge is -2.29. The van der Waals surface area contributed by atoms with Crippen molar-refractivity contribution >= 4 is 53.0 Å². The van der Waals surface area contributed by atoms with E-state index in [9.17, 15) is 40.7 Å². The molecular weight excluding hydrogens is 934 g/mol. The smallest absolute Gasteiger partial charge is 0.444 e. The number of rotatable bonds is 11. The first-order chi connectivity index (χ1) is 30.8. The lowest BCUT2D eigenvalue weighted by molar-refractivity contribution is -0.275. The van der Waals surface area contributed by atoms with E-state index in [1.54, 1.807) is 45.0 Å². The molecule has 6 heterocycles. The van der Waals surface area contributed by atoms with E-state index in [0.29, 0.717) is 78.4 Å². The van der Waals surface area contributed by atoms with Gasteiger partial charge in [0.1, 0.15) is 28.5 Å². The number of amides is 3. The van der Waals surface area contributed by atoms with E-state index in [2.05, 4.69) is 25.4 Å². The molecule has 6 aromatic rings. The van der Waals surface area contributed by atoms with Crippen LogP contribution in [0.3, 0.4) is 0 Å². The summed E-state index contributed by atoms with van der Waals surface area (Å²) in [5, 5.41) is 16.2. The van der Waals surface area contributed by atoms with Crippen molar-refractivity contribution in [1.82, 2.24) is 25.1 Å². The number of benzene rings is 2. The third-order valence-electron chi connectivity index (χ3n) is 10.3. The lowest BCUT2D eigenvalue weighted by atomic mass is 10.0. The summed E-state index contributed by atoms with van der Waals surface area (Å²) in [6.07, 6.45) is -8.97. The highest BCUT2D eigenvalue weighted by molar-refractivity contribution is 7.08. The largest absolute Gasteiger partial charge is 0.573 e. The minimum Gasteiger partial charge on any atom is -0.444 e. The number of carbonyl (C=O) groups excluding carboxylic acids is 3. The third kappa shape index (κ3) is 11.9. The summed E-state index contributed by atoms with van der Waals surface area (Å²) in [4.78, 5) is 37.4. The molecule has 21 heteroatoms. The third-order valence-corrected chi connectivity index (χ3v) is 11.6. The van der Waals surface area contributed by atoms with Crippen LogP contribution in [0.4, 0.5) is 31.1 Å². The Labute approximate surface area is 389 Å². The number of hydrogen-bond donors (Lipinski definition) is 4. The molecule has 2 aliphatic heterocycles. The second kappa shape index (κ2) is 20.3. The molecule has 2 aliphatic rings. The molecule has 12 nitrogen and oxygen atoms in total. The summed E-state index contributed by atoms with van der Waals surface area (Å²) in [7, 11) is 0. The van der Waals surface area contributed by atoms with Gasteiger partial charge >= 0.3 is 18.8 Å². The summed E-state index contributed by atoms with van der Waals surface area (Å²) in [5.41, 5.74) is 11.5. The maximum Gasteiger partial charge on any atom is 0.573 e. The number of halogens is 7. The van der Waals surface area contributed by atoms with Gasteiger partial charge in [-0.05, 0) is 111 Å². The molecule has 0 spiro atoms. The zero-order valence-electron chi connectivity index (χ0n) is 35.5. The van der Waals surface area contributed by atoms with E-state index in [0.717, 1.165) is 16.8 Å². The molecule has 3 amide bonds. The molecule has 4 aromatic heterocycles. The summed E-state index contributed by atoms with van der Waals surface area (Å²) in [5.74, 6) is -1.15. The highest BCUT2D eigenvalue weighted by atomic mass is 35.5. The minimum absolute atomic E-state index is 0. The first kappa shape index (κ1) is 49.5. The van der Waals surface area contributed by atoms with Gasteiger partial charge in [-0.2, -0.15) is 22.7 Å². The Bertz CT molecular complexity index is 2640. The summed E-state index contributed by atoms with van der Waals surface area (Å²) in [6, 6.07) is 18.5. The van der Waals surface area contributed by atoms with E-state index in [1.165, 1.54) is 59.1 Å². The molecule has 8 rings (SSSR count). The van der Waals surface area contributed by atoms with Gasteiger partial charge in [-0.15, -0.1) is 38.7 Å². The average Bonchev–Trinajstić information content (AvgIpc) is 4.05. The number of nitrogens with one attached hydrogen (secondary N) is 3. The van der Waals surface area contributed by atoms with Crippen LogP contribution in [-0.4, -0.2) is 71.5 Å². The monoisotopic (exact) mass is 978 g/mol. The van der Waals surface area contributed by atoms with Crippen LogP contribution in [0.25, 0.3) is 44.8 Å². The standard InChI is InChI=1S/C25H26F3N3O4S.C20H18F3N3O2S.ClH/c1-24(2,3)35-23(33)29-9-7-17-13-30-22(32)20-12-19(21(31(17)20)16-8-10-36-14-16)15-5-4-6-18(11-15)34-25(26,27)28;21-20(22,23)28-15-3-1-2-12(8-15)16-9-17-19(27)25-10-14(4-6-24)26(17)18(16)13-5-7-29-11-13;/h4-6,8,10-12,14,17H,7,9,13H2,1-3H3,(H,29,33)(H,30,32);1-3,5,7-9,11,14H,4,6,10,24H2,(H,25,27);1H/t17-;14-;/m00./s1. The van der Waals surface area contributed by atoms with Gasteiger partial charge < -0.3 is 45.0 Å². The van der Waals surface area contributed by atoms with Crippen LogP contribution >= 0.6 is 35.1 Å². The van der Waals surface area contributed by atoms with E-state index < -0.39 is 24.4 Å². The molecule has 2 atom stereocenters. The van der Waals surface area contributed by atoms with Crippen molar-refractivity contribution in [1.29, 1.82) is 0 Å². The second-order valence-corrected chi connectivity index (χ2v) is 17.6. The van der Waals surface area contributed by atoms with Gasteiger partial charge in [0.15, 0.2) is 0 Å². The number of nitrogens with two attached hydrogens (primary N) is 1. The molecule has 0 bridgehead atoms. The Hall–Kier alpha value is -5.96. The zero-order valence-corrected chi connectivity index (χ0v) is 38.0. The number of fused-ring (bicyclic) bond motifs is 2. The van der Waals surface area contributed by atoms with Crippen LogP contribution in [0, 0.1) is 0 Å². The Balaban J connectivity index is 0.000000220. The van der Waals surface area contributed by atoms with Crippen molar-refractivity contribution < 1.29 is 54.9 Å². The Kier molecular flexibility index (Phi) is 15.2. The van der Waals surface area contributed by atoms with Gasteiger partial charge in [0.25, 0.3) is 11.8 Å². The van der Waals surface area contributed by atoms with Crippen LogP contribution in [0.15, 0.2) is 94.3 Å². The van der Waals surface area contributed by atoms with Gasteiger partial charge in [0.2, 0.25) is 0 Å². The number of alkyl carbamates (subject to hydrolysis) is 1. The number of carbonyl (C=O) groups is 3. The van der Waals surface area contributed by atoms with E-state index in [-0.39, 0.29) is 47.8 Å². The van der Waals surface area contributed by atoms with Crippen LogP contribution in [0.5, 0.6) is 11.5 Å². The predicted octanol–water partition coefficient (Wildman–Crippen LogP) is 10.8. The second-order valence-electron chi connectivity index (χ2n) is 16.0. The number of hydrogen-bond acceptors (Lipinski definition) is 9. The molecule has 0 aliphatic carbocycles. The van der Waals surface area contributed by atoms with E-state index >= 15 is 0 Å². The number of nitrogens with zero attached hydrogens (tertiary/aromatic N) is 2.